The van der Waals surface area contributed by atoms with Crippen LogP contribution in [0.4, 0.5) is 0 Å². The van der Waals surface area contributed by atoms with Crippen molar-refractivity contribution >= 4 is 28.8 Å². The lowest BCUT2D eigenvalue weighted by Gasteiger charge is -2.04. The second-order valence-corrected chi connectivity index (χ2v) is 4.42. The third-order valence-corrected chi connectivity index (χ3v) is 3.18. The SMILES string of the molecule is O=P(O)(O)c1ccccc1Br. The average molecular weight is 237 g/mol. The Labute approximate surface area is 72.4 Å². The van der Waals surface area contributed by atoms with Crippen LogP contribution in [-0.2, 0) is 4.57 Å². The molecule has 3 nitrogen and oxygen atoms in total. The normalized spacial score (nSPS) is 11.5. The second-order valence-electron chi connectivity index (χ2n) is 2.00. The Bertz CT molecular complexity index is 306. The Kier molecular flexibility index (Phi) is 2.50. The van der Waals surface area contributed by atoms with Crippen LogP contribution in [0.2, 0.25) is 0 Å². The molecule has 1 aromatic carbocycles. The van der Waals surface area contributed by atoms with E-state index in [-0.39, 0.29) is 5.30 Å². The summed E-state index contributed by atoms with van der Waals surface area (Å²) in [5.74, 6) is 0. The Morgan fingerprint density at radius 2 is 1.82 bits per heavy atom. The van der Waals surface area contributed by atoms with Gasteiger partial charge in [0.15, 0.2) is 0 Å². The monoisotopic (exact) mass is 236 g/mol. The summed E-state index contributed by atoms with van der Waals surface area (Å²) in [5, 5.41) is 0.0278. The van der Waals surface area contributed by atoms with Gasteiger partial charge in [-0.1, -0.05) is 12.1 Å². The molecular weight excluding hydrogens is 231 g/mol. The quantitative estimate of drug-likeness (QED) is 0.722. The van der Waals surface area contributed by atoms with Crippen LogP contribution in [0.5, 0.6) is 0 Å². The van der Waals surface area contributed by atoms with Crippen LogP contribution >= 0.6 is 23.5 Å². The van der Waals surface area contributed by atoms with Crippen molar-refractivity contribution < 1.29 is 14.4 Å². The first-order valence-electron chi connectivity index (χ1n) is 2.82. The molecule has 0 aromatic heterocycles. The van der Waals surface area contributed by atoms with E-state index in [4.69, 9.17) is 9.79 Å². The van der Waals surface area contributed by atoms with Gasteiger partial charge in [-0.3, -0.25) is 4.57 Å². The van der Waals surface area contributed by atoms with Crippen LogP contribution in [0, 0.1) is 0 Å². The van der Waals surface area contributed by atoms with Crippen LogP contribution in [-0.4, -0.2) is 9.79 Å². The molecule has 60 valence electrons. The maximum atomic E-state index is 10.7. The van der Waals surface area contributed by atoms with Gasteiger partial charge in [-0.05, 0) is 28.1 Å². The van der Waals surface area contributed by atoms with E-state index in [1.54, 1.807) is 18.2 Å². The van der Waals surface area contributed by atoms with E-state index in [0.29, 0.717) is 4.47 Å². The summed E-state index contributed by atoms with van der Waals surface area (Å²) >= 11 is 3.04. The Morgan fingerprint density at radius 1 is 1.27 bits per heavy atom. The average Bonchev–Trinajstić information content (AvgIpc) is 1.86. The highest BCUT2D eigenvalue weighted by atomic mass is 79.9. The fourth-order valence-electron chi connectivity index (χ4n) is 0.688. The molecule has 0 saturated carbocycles. The molecule has 1 rings (SSSR count). The van der Waals surface area contributed by atoms with Gasteiger partial charge in [0.25, 0.3) is 0 Å². The lowest BCUT2D eigenvalue weighted by atomic mass is 10.4. The molecule has 0 aliphatic heterocycles. The van der Waals surface area contributed by atoms with Gasteiger partial charge in [0.1, 0.15) is 0 Å². The molecule has 1 aromatic rings. The molecule has 0 heterocycles. The molecule has 0 fully saturated rings. The van der Waals surface area contributed by atoms with Crippen molar-refractivity contribution in [3.05, 3.63) is 28.7 Å². The van der Waals surface area contributed by atoms with E-state index in [9.17, 15) is 4.57 Å². The lowest BCUT2D eigenvalue weighted by Crippen LogP contribution is -2.04. The van der Waals surface area contributed by atoms with Gasteiger partial charge in [0.2, 0.25) is 0 Å². The number of halogens is 1. The van der Waals surface area contributed by atoms with Gasteiger partial charge in [-0.15, -0.1) is 0 Å². The molecule has 0 aliphatic carbocycles. The number of hydrogen-bond acceptors (Lipinski definition) is 1. The molecule has 0 atom stereocenters. The molecule has 0 saturated heterocycles. The van der Waals surface area contributed by atoms with Gasteiger partial charge in [0.05, 0.1) is 5.30 Å². The first kappa shape index (κ1) is 8.94. The molecule has 11 heavy (non-hydrogen) atoms. The number of rotatable bonds is 1. The summed E-state index contributed by atoms with van der Waals surface area (Å²) in [5.41, 5.74) is 0. The maximum Gasteiger partial charge on any atom is 0.357 e. The van der Waals surface area contributed by atoms with E-state index < -0.39 is 7.60 Å². The van der Waals surface area contributed by atoms with Crippen LogP contribution in [0.25, 0.3) is 0 Å². The zero-order chi connectivity index (χ0) is 8.48. The van der Waals surface area contributed by atoms with Gasteiger partial charge in [-0.25, -0.2) is 0 Å². The van der Waals surface area contributed by atoms with Crippen molar-refractivity contribution in [2.24, 2.45) is 0 Å². The van der Waals surface area contributed by atoms with Gasteiger partial charge >= 0.3 is 7.60 Å². The topological polar surface area (TPSA) is 57.5 Å². The summed E-state index contributed by atoms with van der Waals surface area (Å²) in [6, 6.07) is 6.27. The molecule has 0 aliphatic rings. The van der Waals surface area contributed by atoms with Gasteiger partial charge in [0, 0.05) is 4.47 Å². The Balaban J connectivity index is 3.25. The molecule has 5 heteroatoms. The predicted molar refractivity (Wildman–Crippen MR) is 45.8 cm³/mol. The fraction of sp³-hybridized carbons (Fsp3) is 0. The predicted octanol–water partition coefficient (Wildman–Crippen LogP) is 1.25. The van der Waals surface area contributed by atoms with Crippen LogP contribution in [0.15, 0.2) is 28.7 Å². The lowest BCUT2D eigenvalue weighted by molar-refractivity contribution is 0.387. The first-order chi connectivity index (χ1) is 5.02. The highest BCUT2D eigenvalue weighted by Gasteiger charge is 2.19. The first-order valence-corrected chi connectivity index (χ1v) is 5.23. The van der Waals surface area contributed by atoms with Crippen LogP contribution in [0.1, 0.15) is 0 Å². The summed E-state index contributed by atoms with van der Waals surface area (Å²) in [6.45, 7) is 0. The summed E-state index contributed by atoms with van der Waals surface area (Å²) in [6.07, 6.45) is 0. The summed E-state index contributed by atoms with van der Waals surface area (Å²) < 4.78 is 11.2. The largest absolute Gasteiger partial charge is 0.357 e. The van der Waals surface area contributed by atoms with Crippen molar-refractivity contribution in [3.8, 4) is 0 Å². The van der Waals surface area contributed by atoms with Crippen molar-refractivity contribution in [1.82, 2.24) is 0 Å². The molecular formula is C6H6BrO3P. The summed E-state index contributed by atoms with van der Waals surface area (Å²) in [7, 11) is -4.10. The van der Waals surface area contributed by atoms with E-state index >= 15 is 0 Å². The van der Waals surface area contributed by atoms with E-state index in [1.807, 2.05) is 0 Å². The third kappa shape index (κ3) is 2.14. The van der Waals surface area contributed by atoms with Crippen molar-refractivity contribution in [2.45, 2.75) is 0 Å². The van der Waals surface area contributed by atoms with E-state index in [1.165, 1.54) is 6.07 Å². The van der Waals surface area contributed by atoms with E-state index in [0.717, 1.165) is 0 Å². The standard InChI is InChI=1S/C6H6BrO3P/c7-5-3-1-2-4-6(5)11(8,9)10/h1-4H,(H2,8,9,10). The number of hydrogen-bond donors (Lipinski definition) is 2. The molecule has 2 N–H and O–H groups in total. The van der Waals surface area contributed by atoms with Crippen LogP contribution in [0.3, 0.4) is 0 Å². The van der Waals surface area contributed by atoms with Crippen molar-refractivity contribution in [3.63, 3.8) is 0 Å². The molecule has 0 bridgehead atoms. The smallest absolute Gasteiger partial charge is 0.321 e. The van der Waals surface area contributed by atoms with Crippen LogP contribution < -0.4 is 5.30 Å². The molecule has 0 amide bonds. The third-order valence-electron chi connectivity index (χ3n) is 1.17. The van der Waals surface area contributed by atoms with Crippen molar-refractivity contribution in [1.29, 1.82) is 0 Å². The van der Waals surface area contributed by atoms with E-state index in [2.05, 4.69) is 15.9 Å². The van der Waals surface area contributed by atoms with Gasteiger partial charge in [-0.2, -0.15) is 0 Å². The van der Waals surface area contributed by atoms with Crippen molar-refractivity contribution in [2.75, 3.05) is 0 Å². The highest BCUT2D eigenvalue weighted by molar-refractivity contribution is 9.10. The minimum Gasteiger partial charge on any atom is -0.321 e. The van der Waals surface area contributed by atoms with Gasteiger partial charge < -0.3 is 9.79 Å². The second kappa shape index (κ2) is 3.07. The Morgan fingerprint density at radius 3 is 2.18 bits per heavy atom. The zero-order valence-corrected chi connectivity index (χ0v) is 7.92. The minimum absolute atomic E-state index is 0.0278. The minimum atomic E-state index is -4.10. The zero-order valence-electron chi connectivity index (χ0n) is 5.44. The fourth-order valence-corrected chi connectivity index (χ4v) is 2.30. The molecule has 0 unspecified atom stereocenters. The highest BCUT2D eigenvalue weighted by Crippen LogP contribution is 2.35. The summed E-state index contributed by atoms with van der Waals surface area (Å²) in [4.78, 5) is 17.5. The Hall–Kier alpha value is -0.150. The maximum absolute atomic E-state index is 10.7. The molecule has 0 spiro atoms. The molecule has 0 radical (unpaired) electrons. The number of benzene rings is 1.